The molecule has 80 valence electrons. The van der Waals surface area contributed by atoms with Crippen LogP contribution in [0.5, 0.6) is 0 Å². The quantitative estimate of drug-likeness (QED) is 0.567. The van der Waals surface area contributed by atoms with Crippen molar-refractivity contribution in [1.29, 1.82) is 0 Å². The summed E-state index contributed by atoms with van der Waals surface area (Å²) >= 11 is 0. The molecule has 1 aliphatic rings. The van der Waals surface area contributed by atoms with Crippen LogP contribution in [-0.4, -0.2) is 15.9 Å². The number of nitrogens with zero attached hydrogens (tertiary/aromatic N) is 1. The minimum Gasteiger partial charge on any atom is -0.504 e. The Morgan fingerprint density at radius 2 is 2.20 bits per heavy atom. The second-order valence-corrected chi connectivity index (χ2v) is 3.72. The number of ketones is 1. The maximum atomic E-state index is 11.6. The molecule has 0 bridgehead atoms. The molecule has 0 unspecified atom stereocenters. The van der Waals surface area contributed by atoms with Crippen LogP contribution < -0.4 is 0 Å². The minimum absolute atomic E-state index is 0.0227. The number of Topliss-reactive ketones (excluding diaryl/α,β-unsaturated/α-hetero) is 1. The first-order valence-corrected chi connectivity index (χ1v) is 5.06. The van der Waals surface area contributed by atoms with Gasteiger partial charge in [0.2, 0.25) is 0 Å². The number of allylic oxidation sites excluding steroid dienone is 1. The van der Waals surface area contributed by atoms with E-state index in [0.717, 1.165) is 12.8 Å². The molecular weight excluding hydrogens is 194 g/mol. The topological polar surface area (TPSA) is 63.3 Å². The Balaban J connectivity index is 2.39. The van der Waals surface area contributed by atoms with Crippen LogP contribution in [0, 0.1) is 6.92 Å². The number of aliphatic hydroxyl groups is 1. The molecule has 0 amide bonds. The summed E-state index contributed by atoms with van der Waals surface area (Å²) in [5.41, 5.74) is 1.10. The molecule has 0 saturated heterocycles. The fraction of sp³-hybridized carbons (Fsp3) is 0.455. The highest BCUT2D eigenvalue weighted by molar-refractivity contribution is 6.01. The Bertz CT molecular complexity index is 417. The van der Waals surface area contributed by atoms with Crippen LogP contribution in [0.2, 0.25) is 0 Å². The number of hydrogen-bond donors (Lipinski definition) is 1. The first-order chi connectivity index (χ1) is 7.20. The Kier molecular flexibility index (Phi) is 2.58. The van der Waals surface area contributed by atoms with Crippen molar-refractivity contribution in [2.24, 2.45) is 0 Å². The molecule has 1 N–H and O–H groups in total. The van der Waals surface area contributed by atoms with Gasteiger partial charge in [-0.3, -0.25) is 4.79 Å². The maximum Gasteiger partial charge on any atom is 0.192 e. The van der Waals surface area contributed by atoms with Crippen molar-refractivity contribution in [2.75, 3.05) is 0 Å². The second-order valence-electron chi connectivity index (χ2n) is 3.72. The molecule has 4 heteroatoms. The number of aryl methyl sites for hydroxylation is 1. The van der Waals surface area contributed by atoms with Gasteiger partial charge in [-0.1, -0.05) is 0 Å². The minimum atomic E-state index is -0.0327. The van der Waals surface area contributed by atoms with Crippen molar-refractivity contribution in [1.82, 2.24) is 4.98 Å². The maximum absolute atomic E-state index is 11.6. The number of aliphatic hydroxyl groups excluding tert-OH is 1. The van der Waals surface area contributed by atoms with E-state index in [-0.39, 0.29) is 11.5 Å². The Hall–Kier alpha value is -1.58. The van der Waals surface area contributed by atoms with E-state index in [1.807, 2.05) is 0 Å². The van der Waals surface area contributed by atoms with Gasteiger partial charge in [-0.15, -0.1) is 0 Å². The summed E-state index contributed by atoms with van der Waals surface area (Å²) in [5, 5.41) is 9.91. The Morgan fingerprint density at radius 1 is 1.47 bits per heavy atom. The zero-order valence-electron chi connectivity index (χ0n) is 8.62. The standard InChI is InChI=1S/C11H13NO3/c1-7-11(15-6-12-7)10(14)8-4-2-3-5-9(8)13/h6,14H,2-5H2,1H3. The highest BCUT2D eigenvalue weighted by Crippen LogP contribution is 2.27. The van der Waals surface area contributed by atoms with E-state index in [1.54, 1.807) is 6.92 Å². The van der Waals surface area contributed by atoms with Crippen LogP contribution in [0.15, 0.2) is 16.4 Å². The molecule has 0 aliphatic heterocycles. The van der Waals surface area contributed by atoms with Crippen molar-refractivity contribution < 1.29 is 14.3 Å². The van der Waals surface area contributed by atoms with E-state index in [2.05, 4.69) is 4.98 Å². The molecule has 15 heavy (non-hydrogen) atoms. The zero-order valence-corrected chi connectivity index (χ0v) is 8.62. The van der Waals surface area contributed by atoms with Gasteiger partial charge in [-0.05, 0) is 26.2 Å². The molecular formula is C11H13NO3. The Morgan fingerprint density at radius 3 is 2.80 bits per heavy atom. The third kappa shape index (κ3) is 1.79. The lowest BCUT2D eigenvalue weighted by molar-refractivity contribution is -0.116. The third-order valence-electron chi connectivity index (χ3n) is 2.66. The van der Waals surface area contributed by atoms with Gasteiger partial charge in [0.25, 0.3) is 0 Å². The number of hydrogen-bond acceptors (Lipinski definition) is 4. The van der Waals surface area contributed by atoms with E-state index in [0.29, 0.717) is 29.9 Å². The van der Waals surface area contributed by atoms with E-state index in [1.165, 1.54) is 6.39 Å². The number of oxazole rings is 1. The lowest BCUT2D eigenvalue weighted by Gasteiger charge is -2.13. The van der Waals surface area contributed by atoms with E-state index in [9.17, 15) is 9.90 Å². The predicted molar refractivity (Wildman–Crippen MR) is 54.3 cm³/mol. The molecule has 1 aliphatic carbocycles. The van der Waals surface area contributed by atoms with Gasteiger partial charge in [-0.2, -0.15) is 0 Å². The van der Waals surface area contributed by atoms with Gasteiger partial charge in [-0.25, -0.2) is 4.98 Å². The summed E-state index contributed by atoms with van der Waals surface area (Å²) < 4.78 is 5.06. The third-order valence-corrected chi connectivity index (χ3v) is 2.66. The van der Waals surface area contributed by atoms with E-state index in [4.69, 9.17) is 4.42 Å². The molecule has 0 atom stereocenters. The predicted octanol–water partition coefficient (Wildman–Crippen LogP) is 2.40. The monoisotopic (exact) mass is 207 g/mol. The van der Waals surface area contributed by atoms with E-state index >= 15 is 0 Å². The van der Waals surface area contributed by atoms with Crippen molar-refractivity contribution >= 4 is 11.5 Å². The van der Waals surface area contributed by atoms with Crippen LogP contribution in [0.1, 0.15) is 37.1 Å². The van der Waals surface area contributed by atoms with Crippen LogP contribution in [0.4, 0.5) is 0 Å². The molecule has 1 heterocycles. The molecule has 0 aromatic carbocycles. The smallest absolute Gasteiger partial charge is 0.192 e. The van der Waals surface area contributed by atoms with E-state index < -0.39 is 0 Å². The number of carbonyl (C=O) groups is 1. The number of carbonyl (C=O) groups excluding carboxylic acids is 1. The fourth-order valence-corrected chi connectivity index (χ4v) is 1.79. The lowest BCUT2D eigenvalue weighted by atomic mass is 9.92. The zero-order chi connectivity index (χ0) is 10.8. The van der Waals surface area contributed by atoms with Gasteiger partial charge >= 0.3 is 0 Å². The molecule has 1 saturated carbocycles. The second kappa shape index (κ2) is 3.88. The molecule has 1 aromatic rings. The Labute approximate surface area is 87.6 Å². The highest BCUT2D eigenvalue weighted by atomic mass is 16.4. The summed E-state index contributed by atoms with van der Waals surface area (Å²) in [6, 6.07) is 0. The fourth-order valence-electron chi connectivity index (χ4n) is 1.79. The summed E-state index contributed by atoms with van der Waals surface area (Å²) in [6.07, 6.45) is 4.27. The van der Waals surface area contributed by atoms with Crippen LogP contribution in [0.3, 0.4) is 0 Å². The molecule has 1 fully saturated rings. The number of rotatable bonds is 1. The number of aromatic nitrogens is 1. The van der Waals surface area contributed by atoms with Crippen molar-refractivity contribution in [3.63, 3.8) is 0 Å². The van der Waals surface area contributed by atoms with Gasteiger partial charge in [0, 0.05) is 12.0 Å². The lowest BCUT2D eigenvalue weighted by Crippen LogP contribution is -2.10. The summed E-state index contributed by atoms with van der Waals surface area (Å²) in [4.78, 5) is 15.4. The van der Waals surface area contributed by atoms with Gasteiger partial charge < -0.3 is 9.52 Å². The molecule has 2 rings (SSSR count). The SMILES string of the molecule is Cc1ncoc1C(O)=C1CCCCC1=O. The van der Waals surface area contributed by atoms with Crippen molar-refractivity contribution in [3.05, 3.63) is 23.4 Å². The van der Waals surface area contributed by atoms with Crippen LogP contribution in [-0.2, 0) is 4.79 Å². The largest absolute Gasteiger partial charge is 0.504 e. The molecule has 4 nitrogen and oxygen atoms in total. The highest BCUT2D eigenvalue weighted by Gasteiger charge is 2.22. The molecule has 0 spiro atoms. The van der Waals surface area contributed by atoms with Crippen molar-refractivity contribution in [3.8, 4) is 0 Å². The average Bonchev–Trinajstić information content (AvgIpc) is 2.64. The first kappa shape index (κ1) is 9.96. The molecule has 0 radical (unpaired) electrons. The van der Waals surface area contributed by atoms with Gasteiger partial charge in [0.05, 0.1) is 5.69 Å². The molecule has 1 aromatic heterocycles. The first-order valence-electron chi connectivity index (χ1n) is 5.06. The normalized spacial score (nSPS) is 20.5. The van der Waals surface area contributed by atoms with Crippen molar-refractivity contribution in [2.45, 2.75) is 32.6 Å². The van der Waals surface area contributed by atoms with Gasteiger partial charge in [0.15, 0.2) is 23.7 Å². The average molecular weight is 207 g/mol. The summed E-state index contributed by atoms with van der Waals surface area (Å²) in [6.45, 7) is 1.74. The van der Waals surface area contributed by atoms with Crippen LogP contribution >= 0.6 is 0 Å². The summed E-state index contributed by atoms with van der Waals surface area (Å²) in [5.74, 6) is 0.310. The van der Waals surface area contributed by atoms with Gasteiger partial charge in [0.1, 0.15) is 0 Å². The summed E-state index contributed by atoms with van der Waals surface area (Å²) in [7, 11) is 0. The van der Waals surface area contributed by atoms with Crippen LogP contribution in [0.25, 0.3) is 5.76 Å².